The Hall–Kier alpha value is -0.0400. The van der Waals surface area contributed by atoms with Crippen LogP contribution in [0.25, 0.3) is 0 Å². The molecule has 5 rings (SSSR count). The zero-order valence-corrected chi connectivity index (χ0v) is 12.4. The average Bonchev–Trinajstić information content (AvgIpc) is 2.36. The van der Waals surface area contributed by atoms with Crippen molar-refractivity contribution in [2.45, 2.75) is 83.1 Å². The molecule has 5 saturated carbocycles. The van der Waals surface area contributed by atoms with Gasteiger partial charge in [0, 0.05) is 6.04 Å². The van der Waals surface area contributed by atoms with Gasteiger partial charge in [-0.3, -0.25) is 0 Å². The second-order valence-corrected chi connectivity index (χ2v) is 8.74. The van der Waals surface area contributed by atoms with Crippen LogP contribution in [0.4, 0.5) is 0 Å². The molecule has 5 fully saturated rings. The zero-order chi connectivity index (χ0) is 12.9. The maximum atomic E-state index is 6.04. The van der Waals surface area contributed by atoms with E-state index >= 15 is 0 Å². The fraction of sp³-hybridized carbons (Fsp3) is 1.00. The molecule has 0 aliphatic heterocycles. The molecule has 0 amide bonds. The molecular weight excluding hydrogens is 230 g/mol. The Labute approximate surface area is 118 Å². The van der Waals surface area contributed by atoms with E-state index in [0.29, 0.717) is 6.04 Å². The van der Waals surface area contributed by atoms with Crippen molar-refractivity contribution in [2.24, 2.45) is 34.8 Å². The standard InChI is InChI=1S/C18H31N/c19-17-3-1-13(2-4-17)5-6-18-10-14-7-15(11-18)9-16(8-14)12-18/h13-17H,1-12,19H2. The summed E-state index contributed by atoms with van der Waals surface area (Å²) in [5, 5.41) is 0. The molecule has 0 aromatic heterocycles. The molecule has 0 atom stereocenters. The normalized spacial score (nSPS) is 52.6. The van der Waals surface area contributed by atoms with Gasteiger partial charge < -0.3 is 5.73 Å². The highest BCUT2D eigenvalue weighted by molar-refractivity contribution is 5.01. The fourth-order valence-electron chi connectivity index (χ4n) is 6.58. The summed E-state index contributed by atoms with van der Waals surface area (Å²) >= 11 is 0. The number of hydrogen-bond acceptors (Lipinski definition) is 1. The molecule has 1 heteroatoms. The van der Waals surface area contributed by atoms with E-state index in [1.54, 1.807) is 44.9 Å². The topological polar surface area (TPSA) is 26.0 Å². The van der Waals surface area contributed by atoms with Crippen LogP contribution in [0.15, 0.2) is 0 Å². The summed E-state index contributed by atoms with van der Waals surface area (Å²) in [6, 6.07) is 0.524. The first-order valence-electron chi connectivity index (χ1n) is 8.96. The first-order chi connectivity index (χ1) is 9.21. The lowest BCUT2D eigenvalue weighted by atomic mass is 9.48. The third-order valence-corrected chi connectivity index (χ3v) is 7.14. The number of rotatable bonds is 3. The Balaban J connectivity index is 1.35. The minimum atomic E-state index is 0.524. The van der Waals surface area contributed by atoms with Gasteiger partial charge in [0.1, 0.15) is 0 Å². The van der Waals surface area contributed by atoms with E-state index < -0.39 is 0 Å². The Kier molecular flexibility index (Phi) is 3.17. The molecular formula is C18H31N. The van der Waals surface area contributed by atoms with Crippen LogP contribution in [-0.4, -0.2) is 6.04 Å². The van der Waals surface area contributed by atoms with E-state index in [1.807, 2.05) is 0 Å². The molecule has 4 bridgehead atoms. The Morgan fingerprint density at radius 1 is 0.789 bits per heavy atom. The molecule has 0 aromatic carbocycles. The first kappa shape index (κ1) is 12.7. The van der Waals surface area contributed by atoms with Crippen molar-refractivity contribution in [3.05, 3.63) is 0 Å². The van der Waals surface area contributed by atoms with Gasteiger partial charge in [-0.05, 0) is 106 Å². The summed E-state index contributed by atoms with van der Waals surface area (Å²) in [6.45, 7) is 0. The van der Waals surface area contributed by atoms with Crippen molar-refractivity contribution in [3.8, 4) is 0 Å². The van der Waals surface area contributed by atoms with Crippen LogP contribution in [0, 0.1) is 29.1 Å². The maximum absolute atomic E-state index is 6.04. The lowest BCUT2D eigenvalue weighted by Gasteiger charge is -2.57. The average molecular weight is 261 g/mol. The van der Waals surface area contributed by atoms with Crippen LogP contribution < -0.4 is 5.73 Å². The monoisotopic (exact) mass is 261 g/mol. The van der Waals surface area contributed by atoms with E-state index in [2.05, 4.69) is 0 Å². The zero-order valence-electron chi connectivity index (χ0n) is 12.4. The third kappa shape index (κ3) is 2.48. The SMILES string of the molecule is NC1CCC(CCC23CC4CC(CC(C4)C2)C3)CC1. The summed E-state index contributed by atoms with van der Waals surface area (Å²) in [6.07, 6.45) is 18.1. The van der Waals surface area contributed by atoms with Gasteiger partial charge in [-0.25, -0.2) is 0 Å². The number of nitrogens with two attached hydrogens (primary N) is 1. The van der Waals surface area contributed by atoms with Gasteiger partial charge in [0.25, 0.3) is 0 Å². The van der Waals surface area contributed by atoms with Crippen LogP contribution in [-0.2, 0) is 0 Å². The fourth-order valence-corrected chi connectivity index (χ4v) is 6.58. The highest BCUT2D eigenvalue weighted by Gasteiger charge is 2.50. The van der Waals surface area contributed by atoms with Crippen molar-refractivity contribution in [2.75, 3.05) is 0 Å². The van der Waals surface area contributed by atoms with Crippen molar-refractivity contribution in [3.63, 3.8) is 0 Å². The summed E-state index contributed by atoms with van der Waals surface area (Å²) in [5.74, 6) is 4.41. The lowest BCUT2D eigenvalue weighted by Crippen LogP contribution is -2.46. The predicted octanol–water partition coefficient (Wildman–Crippen LogP) is 4.50. The van der Waals surface area contributed by atoms with Gasteiger partial charge in [0.15, 0.2) is 0 Å². The van der Waals surface area contributed by atoms with E-state index in [-0.39, 0.29) is 0 Å². The minimum absolute atomic E-state index is 0.524. The maximum Gasteiger partial charge on any atom is 0.00390 e. The van der Waals surface area contributed by atoms with Gasteiger partial charge in [-0.15, -0.1) is 0 Å². The Bertz CT molecular complexity index is 291. The highest BCUT2D eigenvalue weighted by Crippen LogP contribution is 2.61. The first-order valence-corrected chi connectivity index (χ1v) is 8.96. The van der Waals surface area contributed by atoms with Gasteiger partial charge in [0.05, 0.1) is 0 Å². The van der Waals surface area contributed by atoms with Crippen molar-refractivity contribution >= 4 is 0 Å². The molecule has 108 valence electrons. The second kappa shape index (κ2) is 4.76. The molecule has 5 aliphatic rings. The molecule has 0 unspecified atom stereocenters. The molecule has 0 radical (unpaired) electrons. The smallest absolute Gasteiger partial charge is 0.00390 e. The van der Waals surface area contributed by atoms with Crippen LogP contribution >= 0.6 is 0 Å². The Morgan fingerprint density at radius 3 is 1.84 bits per heavy atom. The molecule has 0 aromatic rings. The van der Waals surface area contributed by atoms with E-state index in [4.69, 9.17) is 5.73 Å². The van der Waals surface area contributed by atoms with Crippen LogP contribution in [0.2, 0.25) is 0 Å². The van der Waals surface area contributed by atoms with Crippen LogP contribution in [0.3, 0.4) is 0 Å². The third-order valence-electron chi connectivity index (χ3n) is 7.14. The van der Waals surface area contributed by atoms with Gasteiger partial charge in [-0.1, -0.05) is 0 Å². The van der Waals surface area contributed by atoms with Crippen molar-refractivity contribution < 1.29 is 0 Å². The van der Waals surface area contributed by atoms with E-state index in [9.17, 15) is 0 Å². The van der Waals surface area contributed by atoms with E-state index in [0.717, 1.165) is 29.1 Å². The molecule has 0 saturated heterocycles. The molecule has 5 aliphatic carbocycles. The minimum Gasteiger partial charge on any atom is -0.328 e. The van der Waals surface area contributed by atoms with Gasteiger partial charge in [-0.2, -0.15) is 0 Å². The molecule has 0 spiro atoms. The van der Waals surface area contributed by atoms with Crippen molar-refractivity contribution in [1.82, 2.24) is 0 Å². The summed E-state index contributed by atoms with van der Waals surface area (Å²) in [4.78, 5) is 0. The predicted molar refractivity (Wildman–Crippen MR) is 79.8 cm³/mol. The number of hydrogen-bond donors (Lipinski definition) is 1. The summed E-state index contributed by atoms with van der Waals surface area (Å²) < 4.78 is 0. The summed E-state index contributed by atoms with van der Waals surface area (Å²) in [5.41, 5.74) is 6.85. The quantitative estimate of drug-likeness (QED) is 0.795. The Morgan fingerprint density at radius 2 is 1.32 bits per heavy atom. The lowest BCUT2D eigenvalue weighted by molar-refractivity contribution is -0.0606. The molecule has 1 nitrogen and oxygen atoms in total. The summed E-state index contributed by atoms with van der Waals surface area (Å²) in [7, 11) is 0. The largest absolute Gasteiger partial charge is 0.328 e. The second-order valence-electron chi connectivity index (χ2n) is 8.74. The molecule has 2 N–H and O–H groups in total. The van der Waals surface area contributed by atoms with Crippen LogP contribution in [0.1, 0.15) is 77.0 Å². The van der Waals surface area contributed by atoms with Gasteiger partial charge in [0.2, 0.25) is 0 Å². The van der Waals surface area contributed by atoms with Crippen molar-refractivity contribution in [1.29, 1.82) is 0 Å². The van der Waals surface area contributed by atoms with Crippen LogP contribution in [0.5, 0.6) is 0 Å². The molecule has 19 heavy (non-hydrogen) atoms. The highest BCUT2D eigenvalue weighted by atomic mass is 14.6. The van der Waals surface area contributed by atoms with Gasteiger partial charge >= 0.3 is 0 Å². The molecule has 0 heterocycles. The van der Waals surface area contributed by atoms with E-state index in [1.165, 1.54) is 32.1 Å².